The molecule has 3 rings (SSSR count). The highest BCUT2D eigenvalue weighted by molar-refractivity contribution is 5.94. The van der Waals surface area contributed by atoms with E-state index in [9.17, 15) is 32.5 Å². The molecule has 2 aromatic carbocycles. The average molecular weight is 440 g/mol. The summed E-state index contributed by atoms with van der Waals surface area (Å²) in [5.74, 6) is -1.25. The molecule has 1 saturated heterocycles. The van der Waals surface area contributed by atoms with Gasteiger partial charge < -0.3 is 5.32 Å². The topological polar surface area (TPSA) is 78.7 Å². The fourth-order valence-electron chi connectivity index (χ4n) is 3.36. The van der Waals surface area contributed by atoms with Crippen LogP contribution < -0.4 is 5.32 Å². The Kier molecular flexibility index (Phi) is 6.86. The Morgan fingerprint density at radius 3 is 2.39 bits per heavy atom. The maximum absolute atomic E-state index is 13.2. The van der Waals surface area contributed by atoms with Crippen LogP contribution in [0.1, 0.15) is 11.1 Å². The number of alkyl halides is 3. The first-order valence-electron chi connectivity index (χ1n) is 9.46. The fraction of sp³-hybridized carbons (Fsp3) is 0.350. The summed E-state index contributed by atoms with van der Waals surface area (Å²) in [6.07, 6.45) is -4.39. The molecule has 1 N–H and O–H groups in total. The zero-order valence-corrected chi connectivity index (χ0v) is 16.4. The lowest BCUT2D eigenvalue weighted by Gasteiger charge is -2.34. The second-order valence-corrected chi connectivity index (χ2v) is 7.22. The molecule has 0 spiro atoms. The highest BCUT2D eigenvalue weighted by Gasteiger charge is 2.30. The molecule has 0 unspecified atom stereocenters. The molecule has 1 aliphatic heterocycles. The number of carbonyl (C=O) groups is 1. The summed E-state index contributed by atoms with van der Waals surface area (Å²) in [5, 5.41) is 13.4. The molecule has 0 radical (unpaired) electrons. The molecule has 31 heavy (non-hydrogen) atoms. The number of hydrogen-bond acceptors (Lipinski definition) is 5. The van der Waals surface area contributed by atoms with Gasteiger partial charge in [-0.15, -0.1) is 0 Å². The van der Waals surface area contributed by atoms with Gasteiger partial charge in [-0.05, 0) is 23.8 Å². The third kappa shape index (κ3) is 6.22. The molecule has 166 valence electrons. The van der Waals surface area contributed by atoms with E-state index in [-0.39, 0.29) is 12.2 Å². The first-order chi connectivity index (χ1) is 14.6. The zero-order chi connectivity index (χ0) is 22.6. The molecule has 0 bridgehead atoms. The van der Waals surface area contributed by atoms with Crippen LogP contribution in [0.2, 0.25) is 0 Å². The second kappa shape index (κ2) is 9.40. The van der Waals surface area contributed by atoms with E-state index in [1.165, 1.54) is 6.07 Å². The van der Waals surface area contributed by atoms with Crippen molar-refractivity contribution in [1.29, 1.82) is 0 Å². The van der Waals surface area contributed by atoms with Crippen LogP contribution >= 0.6 is 0 Å². The van der Waals surface area contributed by atoms with Crippen LogP contribution in [0.15, 0.2) is 42.5 Å². The van der Waals surface area contributed by atoms with Crippen molar-refractivity contribution in [2.75, 3.05) is 38.0 Å². The maximum atomic E-state index is 13.2. The molecule has 1 amide bonds. The van der Waals surface area contributed by atoms with E-state index < -0.39 is 34.1 Å². The van der Waals surface area contributed by atoms with Crippen molar-refractivity contribution in [3.8, 4) is 0 Å². The molecule has 0 aliphatic carbocycles. The van der Waals surface area contributed by atoms with Crippen LogP contribution in [0.5, 0.6) is 0 Å². The number of benzene rings is 2. The van der Waals surface area contributed by atoms with Crippen LogP contribution in [0.3, 0.4) is 0 Å². The fourth-order valence-corrected chi connectivity index (χ4v) is 3.36. The number of hydrogen-bond donors (Lipinski definition) is 1. The van der Waals surface area contributed by atoms with Crippen LogP contribution in [0, 0.1) is 15.9 Å². The molecule has 2 aromatic rings. The van der Waals surface area contributed by atoms with Crippen molar-refractivity contribution >= 4 is 17.3 Å². The largest absolute Gasteiger partial charge is 0.416 e. The summed E-state index contributed by atoms with van der Waals surface area (Å²) in [4.78, 5) is 26.3. The molecule has 11 heteroatoms. The SMILES string of the molecule is O=C(CN1CCN(Cc2cccc(C(F)(F)F)c2)CC1)Nc1ccc(F)cc1[N+](=O)[O-]. The van der Waals surface area contributed by atoms with E-state index in [2.05, 4.69) is 5.32 Å². The number of rotatable bonds is 6. The number of nitrogens with one attached hydrogen (secondary N) is 1. The lowest BCUT2D eigenvalue weighted by molar-refractivity contribution is -0.384. The molecule has 0 saturated carbocycles. The van der Waals surface area contributed by atoms with Crippen LogP contribution in [0.25, 0.3) is 0 Å². The first kappa shape index (κ1) is 22.6. The van der Waals surface area contributed by atoms with Crippen molar-refractivity contribution in [3.63, 3.8) is 0 Å². The zero-order valence-electron chi connectivity index (χ0n) is 16.4. The third-order valence-corrected chi connectivity index (χ3v) is 4.92. The predicted molar refractivity (Wildman–Crippen MR) is 105 cm³/mol. The lowest BCUT2D eigenvalue weighted by atomic mass is 10.1. The Morgan fingerprint density at radius 1 is 1.06 bits per heavy atom. The highest BCUT2D eigenvalue weighted by atomic mass is 19.4. The number of carbonyl (C=O) groups excluding carboxylic acids is 1. The van der Waals surface area contributed by atoms with Crippen LogP contribution in [0.4, 0.5) is 28.9 Å². The predicted octanol–water partition coefficient (Wildman–Crippen LogP) is 3.51. The summed E-state index contributed by atoms with van der Waals surface area (Å²) in [6.45, 7) is 2.49. The smallest absolute Gasteiger partial charge is 0.319 e. The summed E-state index contributed by atoms with van der Waals surface area (Å²) in [7, 11) is 0. The van der Waals surface area contributed by atoms with Gasteiger partial charge in [0.05, 0.1) is 23.1 Å². The second-order valence-electron chi connectivity index (χ2n) is 7.22. The Bertz CT molecular complexity index is 960. The van der Waals surface area contributed by atoms with Crippen molar-refractivity contribution in [3.05, 3.63) is 69.5 Å². The molecule has 0 atom stereocenters. The molecule has 1 fully saturated rings. The van der Waals surface area contributed by atoms with Gasteiger partial charge in [0.25, 0.3) is 5.69 Å². The Hall–Kier alpha value is -3.05. The van der Waals surface area contributed by atoms with Gasteiger partial charge in [0, 0.05) is 32.7 Å². The van der Waals surface area contributed by atoms with Crippen molar-refractivity contribution in [2.24, 2.45) is 0 Å². The van der Waals surface area contributed by atoms with Gasteiger partial charge in [-0.25, -0.2) is 4.39 Å². The van der Waals surface area contributed by atoms with Gasteiger partial charge in [0.15, 0.2) is 0 Å². The lowest BCUT2D eigenvalue weighted by Crippen LogP contribution is -2.48. The van der Waals surface area contributed by atoms with E-state index in [0.29, 0.717) is 38.3 Å². The Morgan fingerprint density at radius 2 is 1.74 bits per heavy atom. The first-order valence-corrected chi connectivity index (χ1v) is 9.46. The monoisotopic (exact) mass is 440 g/mol. The average Bonchev–Trinajstić information content (AvgIpc) is 2.70. The minimum absolute atomic E-state index is 0.00801. The van der Waals surface area contributed by atoms with Crippen molar-refractivity contribution in [2.45, 2.75) is 12.7 Å². The summed E-state index contributed by atoms with van der Waals surface area (Å²) in [6, 6.07) is 8.09. The molecule has 1 heterocycles. The van der Waals surface area contributed by atoms with Gasteiger partial charge in [0.1, 0.15) is 11.5 Å². The maximum Gasteiger partial charge on any atom is 0.416 e. The number of nitro groups is 1. The van der Waals surface area contributed by atoms with E-state index >= 15 is 0 Å². The summed E-state index contributed by atoms with van der Waals surface area (Å²) < 4.78 is 51.8. The van der Waals surface area contributed by atoms with Crippen molar-refractivity contribution in [1.82, 2.24) is 9.80 Å². The molecular formula is C20H20F4N4O3. The Balaban J connectivity index is 1.51. The van der Waals surface area contributed by atoms with Crippen molar-refractivity contribution < 1.29 is 27.3 Å². The van der Waals surface area contributed by atoms with Gasteiger partial charge in [0.2, 0.25) is 5.91 Å². The number of anilines is 1. The highest BCUT2D eigenvalue weighted by Crippen LogP contribution is 2.30. The van der Waals surface area contributed by atoms with Gasteiger partial charge in [-0.2, -0.15) is 13.2 Å². The molecule has 1 aliphatic rings. The van der Waals surface area contributed by atoms with E-state index in [0.717, 1.165) is 30.3 Å². The number of nitro benzene ring substituents is 1. The van der Waals surface area contributed by atoms with Crippen LogP contribution in [-0.4, -0.2) is 53.4 Å². The van der Waals surface area contributed by atoms with E-state index in [1.54, 1.807) is 6.07 Å². The number of piperazine rings is 1. The number of nitrogens with zero attached hydrogens (tertiary/aromatic N) is 3. The summed E-state index contributed by atoms with van der Waals surface area (Å²) in [5.41, 5.74) is -0.737. The molecular weight excluding hydrogens is 420 g/mol. The normalized spacial score (nSPS) is 15.6. The van der Waals surface area contributed by atoms with E-state index in [4.69, 9.17) is 0 Å². The minimum Gasteiger partial charge on any atom is -0.319 e. The van der Waals surface area contributed by atoms with Gasteiger partial charge >= 0.3 is 6.18 Å². The Labute approximate surface area is 175 Å². The number of halogens is 4. The van der Waals surface area contributed by atoms with Gasteiger partial charge in [-0.1, -0.05) is 18.2 Å². The van der Waals surface area contributed by atoms with Crippen LogP contribution in [-0.2, 0) is 17.5 Å². The molecule has 7 nitrogen and oxygen atoms in total. The standard InChI is InChI=1S/C20H20F4N4O3/c21-16-4-5-17(18(11-16)28(30)31)25-19(29)13-27-8-6-26(7-9-27)12-14-2-1-3-15(10-14)20(22,23)24/h1-5,10-11H,6-9,12-13H2,(H,25,29). The number of amides is 1. The van der Waals surface area contributed by atoms with E-state index in [1.807, 2.05) is 9.80 Å². The quantitative estimate of drug-likeness (QED) is 0.423. The third-order valence-electron chi connectivity index (χ3n) is 4.92. The van der Waals surface area contributed by atoms with Gasteiger partial charge in [-0.3, -0.25) is 24.7 Å². The summed E-state index contributed by atoms with van der Waals surface area (Å²) >= 11 is 0. The molecule has 0 aromatic heterocycles. The minimum atomic E-state index is -4.39.